The fraction of sp³-hybridized carbons (Fsp3) is 0.524. The van der Waals surface area contributed by atoms with Crippen LogP contribution in [-0.4, -0.2) is 203 Å². The van der Waals surface area contributed by atoms with Crippen LogP contribution >= 0.6 is 31.3 Å². The largest absolute Gasteiger partial charge is 0.472 e. The number of fused-ring (bicyclic) bond motifs is 10. The lowest BCUT2D eigenvalue weighted by atomic mass is 10.1. The number of H-pyrrole nitrogens is 2. The van der Waals surface area contributed by atoms with Crippen LogP contribution in [0.5, 0.6) is 0 Å². The number of aromatic nitrogens is 16. The maximum absolute atomic E-state index is 15.9. The van der Waals surface area contributed by atoms with Crippen molar-refractivity contribution >= 4 is 93.5 Å². The molecule has 42 nitrogen and oxygen atoms in total. The Morgan fingerprint density at radius 3 is 1.35 bits per heavy atom. The third kappa shape index (κ3) is 12.1. The van der Waals surface area contributed by atoms with Crippen molar-refractivity contribution < 1.29 is 111 Å². The number of nitrogens with two attached hydrogens (primary N) is 3. The molecule has 13 N–H and O–H groups in total. The summed E-state index contributed by atoms with van der Waals surface area (Å²) in [7, 11) is -20.7. The first-order valence-corrected chi connectivity index (χ1v) is 32.0. The van der Waals surface area contributed by atoms with Gasteiger partial charge in [-0.3, -0.25) is 69.0 Å². The van der Waals surface area contributed by atoms with Crippen LogP contribution in [0.1, 0.15) is 38.2 Å². The summed E-state index contributed by atoms with van der Waals surface area (Å²) in [4.78, 5) is 111. The minimum atomic E-state index is -5.21. The van der Waals surface area contributed by atoms with Gasteiger partial charge in [-0.1, -0.05) is 7.43 Å². The first-order valence-electron chi connectivity index (χ1n) is 26.0. The summed E-state index contributed by atoms with van der Waals surface area (Å²) in [5, 5.41) is 11.0. The number of aryl methyl sites for hydroxylation is 1. The Morgan fingerprint density at radius 1 is 0.484 bits per heavy atom. The van der Waals surface area contributed by atoms with Crippen molar-refractivity contribution in [1.82, 2.24) is 78.1 Å². The summed E-state index contributed by atoms with van der Waals surface area (Å²) in [6.07, 6.45) is -22.0. The molecule has 6 aliphatic heterocycles. The van der Waals surface area contributed by atoms with E-state index >= 15 is 13.2 Å². The van der Waals surface area contributed by atoms with Crippen molar-refractivity contribution in [1.29, 1.82) is 0 Å². The van der Waals surface area contributed by atoms with Crippen molar-refractivity contribution in [3.8, 4) is 0 Å². The molecule has 0 radical (unpaired) electrons. The number of hydrogen-bond donors (Lipinski definition) is 10. The van der Waals surface area contributed by atoms with Crippen LogP contribution in [0.3, 0.4) is 0 Å². The predicted molar refractivity (Wildman–Crippen MR) is 291 cm³/mol. The quantitative estimate of drug-likeness (QED) is 0.100. The minimum Gasteiger partial charge on any atom is -0.387 e. The molecule has 20 atom stereocenters. The number of nitrogens with zero attached hydrogens (tertiary/aromatic N) is 14. The van der Waals surface area contributed by atoms with Crippen molar-refractivity contribution in [2.24, 2.45) is 0 Å². The van der Waals surface area contributed by atoms with E-state index in [1.165, 1.54) is 6.92 Å². The van der Waals surface area contributed by atoms with E-state index in [2.05, 4.69) is 59.8 Å². The molecule has 4 unspecified atom stereocenters. The van der Waals surface area contributed by atoms with Gasteiger partial charge in [0.1, 0.15) is 84.4 Å². The van der Waals surface area contributed by atoms with Gasteiger partial charge < -0.3 is 65.8 Å². The number of phosphoric ester groups is 4. The molecule has 0 spiro atoms. The summed E-state index contributed by atoms with van der Waals surface area (Å²) in [5.74, 6) is -0.137. The third-order valence-electron chi connectivity index (χ3n) is 14.6. The van der Waals surface area contributed by atoms with Crippen molar-refractivity contribution in [3.05, 3.63) is 64.5 Å². The molecule has 91 heavy (non-hydrogen) atoms. The second-order valence-electron chi connectivity index (χ2n) is 20.3. The first kappa shape index (κ1) is 64.3. The topological polar surface area (TPSA) is 573 Å². The molecule has 492 valence electrons. The molecule has 8 aromatic rings. The SMILES string of the molecule is C.Cc1nc2c(ncn2[C@@H]2O[C@@H]3COP(=O)(O)O[C@H]4[C@@H](F)[C@H](n5cnc6c(N)ncnc65)O[C@@H]4COP(=O)(O)O[C@@H]2[C@@H]3F)c(=O)[nH]1.Nc1nc2c(ncn2[C@@H]2O[C@@H]3COP(=O)(O)O[C@H]4[C@@H](F)[C@H](n5cnc6c(N)ncnc65)O[C@@H]4COP(=O)(O)O[C@@H]2[C@@H]3O)c(=O)[nH]1. The number of halogens is 3. The Morgan fingerprint density at radius 2 is 0.857 bits per heavy atom. The number of rotatable bonds is 4. The van der Waals surface area contributed by atoms with Crippen LogP contribution in [0, 0.1) is 6.92 Å². The van der Waals surface area contributed by atoms with Gasteiger partial charge in [0, 0.05) is 0 Å². The first-order chi connectivity index (χ1) is 42.6. The molecule has 8 aromatic heterocycles. The standard InChI is InChI=1S/C21H23F2N9O11P2.C20H23FN10O12P2.CH4/c1-7-29-18-13(19(33)30-7)28-6-32(18)21-15-10(22)8(40-21)2-38-44(34,35)42-14-9(3-39-45(36,37)43-15)41-20(11(14)23)31-5-27-12-16(24)25-4-26-17(12)31;21-8-12-7(41-18(8)30-4-26-9-14(22)24-3-25-15(9)30)2-39-45(36,37)43-13-11(32)6(1-38-44(34,35)42-12)40-19(13)31-5-27-10-16(31)28-20(23)29-17(10)33;/h4-6,8-11,14-15,20-21H,2-3H2,1H3,(H,34,35)(H,36,37)(H2,24,25,26)(H,29,30,33);3-8,11-13,18-19,32H,1-2H2,(H,34,35)(H,36,37)(H2,22,24,25)(H3,23,28,29,33);1H4/t8-,9-,10-,11-,14-,15-,20-,21-;6-,7-,8-,11-,12-,13-,18-,19-;/m11./s1. The minimum absolute atomic E-state index is 0. The number of aliphatic hydroxyl groups is 1. The van der Waals surface area contributed by atoms with E-state index in [-0.39, 0.29) is 75.5 Å². The molecule has 6 saturated heterocycles. The third-order valence-corrected chi connectivity index (χ3v) is 18.6. The Labute approximate surface area is 502 Å². The maximum atomic E-state index is 15.9. The lowest BCUT2D eigenvalue weighted by Gasteiger charge is -2.25. The molecule has 0 aromatic carbocycles. The van der Waals surface area contributed by atoms with Gasteiger partial charge in [-0.2, -0.15) is 4.98 Å². The highest BCUT2D eigenvalue weighted by Gasteiger charge is 2.57. The van der Waals surface area contributed by atoms with Crippen molar-refractivity contribution in [2.75, 3.05) is 43.6 Å². The normalized spacial score (nSPS) is 37.3. The van der Waals surface area contributed by atoms with Crippen molar-refractivity contribution in [2.45, 2.75) is 113 Å². The van der Waals surface area contributed by atoms with E-state index in [4.69, 9.17) is 72.3 Å². The van der Waals surface area contributed by atoms with E-state index in [9.17, 15) is 52.5 Å². The zero-order chi connectivity index (χ0) is 63.7. The summed E-state index contributed by atoms with van der Waals surface area (Å²) >= 11 is 0. The molecule has 6 fully saturated rings. The number of ether oxygens (including phenoxy) is 4. The summed E-state index contributed by atoms with van der Waals surface area (Å²) in [6.45, 7) is -2.19. The fourth-order valence-electron chi connectivity index (χ4n) is 10.6. The van der Waals surface area contributed by atoms with Gasteiger partial charge in [-0.05, 0) is 6.92 Å². The number of aliphatic hydroxyl groups excluding tert-OH is 1. The number of anilines is 3. The number of phosphoric acid groups is 4. The molecule has 14 heterocycles. The summed E-state index contributed by atoms with van der Waals surface area (Å²) in [6, 6.07) is 0. The van der Waals surface area contributed by atoms with Crippen LogP contribution in [0.15, 0.2) is 47.6 Å². The molecule has 0 saturated carbocycles. The number of nitrogens with one attached hydrogen (secondary N) is 2. The van der Waals surface area contributed by atoms with Crippen LogP contribution in [0.25, 0.3) is 44.7 Å². The zero-order valence-electron chi connectivity index (χ0n) is 45.0. The van der Waals surface area contributed by atoms with Gasteiger partial charge in [0.25, 0.3) is 11.1 Å². The van der Waals surface area contributed by atoms with Gasteiger partial charge >= 0.3 is 31.3 Å². The lowest BCUT2D eigenvalue weighted by Crippen LogP contribution is -2.35. The van der Waals surface area contributed by atoms with Crippen LogP contribution < -0.4 is 28.3 Å². The second-order valence-corrected chi connectivity index (χ2v) is 26.0. The van der Waals surface area contributed by atoms with Crippen LogP contribution in [-0.2, 0) is 73.4 Å². The smallest absolute Gasteiger partial charge is 0.387 e. The Balaban J connectivity index is 0.000000174. The van der Waals surface area contributed by atoms with E-state index in [1.807, 2.05) is 0 Å². The van der Waals surface area contributed by atoms with E-state index in [0.29, 0.717) is 0 Å². The van der Waals surface area contributed by atoms with E-state index in [1.54, 1.807) is 0 Å². The summed E-state index contributed by atoms with van der Waals surface area (Å²) < 4.78 is 168. The zero-order valence-corrected chi connectivity index (χ0v) is 48.6. The highest BCUT2D eigenvalue weighted by atomic mass is 31.2. The van der Waals surface area contributed by atoms with Crippen molar-refractivity contribution in [3.63, 3.8) is 0 Å². The van der Waals surface area contributed by atoms with Crippen LogP contribution in [0.2, 0.25) is 0 Å². The molecule has 6 aliphatic rings. The van der Waals surface area contributed by atoms with Gasteiger partial charge in [-0.25, -0.2) is 76.3 Å². The Hall–Kier alpha value is -6.77. The highest BCUT2D eigenvalue weighted by Crippen LogP contribution is 2.57. The highest BCUT2D eigenvalue weighted by molar-refractivity contribution is 7.48. The molecule has 0 aliphatic carbocycles. The second kappa shape index (κ2) is 24.0. The number of nitrogen functional groups attached to an aromatic ring is 3. The van der Waals surface area contributed by atoms with Gasteiger partial charge in [0.2, 0.25) is 5.95 Å². The Bertz CT molecular complexity index is 4160. The Kier molecular flexibility index (Phi) is 16.9. The van der Waals surface area contributed by atoms with E-state index < -0.39 is 167 Å². The maximum Gasteiger partial charge on any atom is 0.472 e. The fourth-order valence-corrected chi connectivity index (χ4v) is 14.4. The number of aromatic amines is 2. The average Bonchev–Trinajstić information content (AvgIpc) is 1.66. The molecular formula is C42H50F3N19O23P4. The number of imidazole rings is 4. The molecule has 14 rings (SSSR count). The number of hydrogen-bond acceptors (Lipinski definition) is 32. The molecular weight excluding hydrogens is 1320 g/mol. The van der Waals surface area contributed by atoms with E-state index in [0.717, 1.165) is 56.2 Å². The predicted octanol–water partition coefficient (Wildman–Crippen LogP) is -0.389. The molecule has 49 heteroatoms. The molecule has 0 amide bonds. The average molecular weight is 1370 g/mol. The van der Waals surface area contributed by atoms with Crippen LogP contribution in [0.4, 0.5) is 30.8 Å². The number of alkyl halides is 3. The van der Waals surface area contributed by atoms with Gasteiger partial charge in [0.05, 0.1) is 51.7 Å². The monoisotopic (exact) mass is 1370 g/mol. The van der Waals surface area contributed by atoms with Gasteiger partial charge in [0.15, 0.2) is 88.7 Å². The summed E-state index contributed by atoms with van der Waals surface area (Å²) in [5.41, 5.74) is 15.7. The lowest BCUT2D eigenvalue weighted by molar-refractivity contribution is -0.0671. The molecule has 4 bridgehead atoms. The van der Waals surface area contributed by atoms with Gasteiger partial charge in [-0.15, -0.1) is 0 Å².